The molecule has 2 fully saturated rings. The van der Waals surface area contributed by atoms with Gasteiger partial charge in [0, 0.05) is 38.8 Å². The van der Waals surface area contributed by atoms with Gasteiger partial charge in [0.25, 0.3) is 0 Å². The third kappa shape index (κ3) is 5.74. The van der Waals surface area contributed by atoms with E-state index in [1.807, 2.05) is 25.7 Å². The van der Waals surface area contributed by atoms with E-state index < -0.39 is 5.60 Å². The van der Waals surface area contributed by atoms with Gasteiger partial charge in [-0.3, -0.25) is 0 Å². The molecule has 2 heterocycles. The molecule has 2 rings (SSSR count). The van der Waals surface area contributed by atoms with Crippen molar-refractivity contribution >= 4 is 6.09 Å². The third-order valence-corrected chi connectivity index (χ3v) is 4.05. The molecule has 128 valence electrons. The number of hydrogen-bond acceptors (Lipinski definition) is 5. The van der Waals surface area contributed by atoms with Crippen LogP contribution in [-0.2, 0) is 9.47 Å². The normalized spacial score (nSPS) is 27.7. The molecule has 0 aromatic rings. The van der Waals surface area contributed by atoms with Crippen LogP contribution in [0.4, 0.5) is 4.79 Å². The molecule has 2 unspecified atom stereocenters. The van der Waals surface area contributed by atoms with E-state index in [9.17, 15) is 4.79 Å². The van der Waals surface area contributed by atoms with Gasteiger partial charge < -0.3 is 24.6 Å². The summed E-state index contributed by atoms with van der Waals surface area (Å²) >= 11 is 0. The number of hydrogen-bond donors (Lipinski definition) is 1. The molecule has 2 atom stereocenters. The van der Waals surface area contributed by atoms with Gasteiger partial charge in [0.05, 0.1) is 12.7 Å². The third-order valence-electron chi connectivity index (χ3n) is 4.05. The Balaban J connectivity index is 1.74. The van der Waals surface area contributed by atoms with Gasteiger partial charge in [-0.25, -0.2) is 4.79 Å². The summed E-state index contributed by atoms with van der Waals surface area (Å²) in [5.41, 5.74) is -0.433. The van der Waals surface area contributed by atoms with Gasteiger partial charge >= 0.3 is 6.09 Å². The second kappa shape index (κ2) is 7.62. The van der Waals surface area contributed by atoms with Crippen LogP contribution in [0.2, 0.25) is 0 Å². The van der Waals surface area contributed by atoms with E-state index in [4.69, 9.17) is 9.47 Å². The Morgan fingerprint density at radius 3 is 2.77 bits per heavy atom. The SMILES string of the molecule is CN1CCOC(CNC2CCCN(C(=O)OC(C)(C)C)C2)C1. The molecule has 0 spiro atoms. The van der Waals surface area contributed by atoms with Crippen LogP contribution in [0.1, 0.15) is 33.6 Å². The molecule has 0 bridgehead atoms. The number of nitrogens with zero attached hydrogens (tertiary/aromatic N) is 2. The topological polar surface area (TPSA) is 54.0 Å². The average Bonchev–Trinajstić information content (AvgIpc) is 2.44. The summed E-state index contributed by atoms with van der Waals surface area (Å²) in [7, 11) is 2.13. The standard InChI is InChI=1S/C16H31N3O3/c1-16(2,3)22-15(20)19-7-5-6-13(11-19)17-10-14-12-18(4)8-9-21-14/h13-14,17H,5-12H2,1-4H3. The van der Waals surface area contributed by atoms with Gasteiger partial charge in [-0.15, -0.1) is 0 Å². The van der Waals surface area contributed by atoms with Crippen LogP contribution in [0.25, 0.3) is 0 Å². The highest BCUT2D eigenvalue weighted by Gasteiger charge is 2.28. The number of ether oxygens (including phenoxy) is 2. The van der Waals surface area contributed by atoms with Crippen LogP contribution in [0, 0.1) is 0 Å². The van der Waals surface area contributed by atoms with Gasteiger partial charge in [-0.1, -0.05) is 0 Å². The summed E-state index contributed by atoms with van der Waals surface area (Å²) in [6.07, 6.45) is 2.16. The smallest absolute Gasteiger partial charge is 0.410 e. The molecule has 1 amide bonds. The maximum Gasteiger partial charge on any atom is 0.410 e. The molecule has 0 aromatic carbocycles. The van der Waals surface area contributed by atoms with E-state index in [2.05, 4.69) is 17.3 Å². The lowest BCUT2D eigenvalue weighted by Gasteiger charge is -2.36. The second-order valence-electron chi connectivity index (χ2n) is 7.43. The first kappa shape index (κ1) is 17.5. The predicted octanol–water partition coefficient (Wildman–Crippen LogP) is 1.31. The number of rotatable bonds is 3. The number of morpholine rings is 1. The molecular weight excluding hydrogens is 282 g/mol. The first-order chi connectivity index (χ1) is 10.3. The quantitative estimate of drug-likeness (QED) is 0.851. The Morgan fingerprint density at radius 1 is 1.32 bits per heavy atom. The Kier molecular flexibility index (Phi) is 6.06. The number of piperidine rings is 1. The Labute approximate surface area is 134 Å². The lowest BCUT2D eigenvalue weighted by molar-refractivity contribution is -0.0209. The summed E-state index contributed by atoms with van der Waals surface area (Å²) in [4.78, 5) is 16.3. The first-order valence-corrected chi connectivity index (χ1v) is 8.35. The van der Waals surface area contributed by atoms with Crippen LogP contribution in [-0.4, -0.2) is 80.0 Å². The number of nitrogens with one attached hydrogen (secondary N) is 1. The Bertz CT molecular complexity index is 370. The molecule has 6 heteroatoms. The minimum atomic E-state index is -0.433. The zero-order chi connectivity index (χ0) is 16.2. The number of carbonyl (C=O) groups excluding carboxylic acids is 1. The Hall–Kier alpha value is -0.850. The van der Waals surface area contributed by atoms with Crippen molar-refractivity contribution < 1.29 is 14.3 Å². The van der Waals surface area contributed by atoms with Gasteiger partial charge in [0.15, 0.2) is 0 Å². The van der Waals surface area contributed by atoms with E-state index in [1.54, 1.807) is 0 Å². The van der Waals surface area contributed by atoms with Crippen molar-refractivity contribution in [1.29, 1.82) is 0 Å². The summed E-state index contributed by atoms with van der Waals surface area (Å²) in [6.45, 7) is 10.8. The highest BCUT2D eigenvalue weighted by molar-refractivity contribution is 5.68. The highest BCUT2D eigenvalue weighted by atomic mass is 16.6. The summed E-state index contributed by atoms with van der Waals surface area (Å²) in [5.74, 6) is 0. The molecule has 0 saturated carbocycles. The lowest BCUT2D eigenvalue weighted by atomic mass is 10.1. The Morgan fingerprint density at radius 2 is 2.09 bits per heavy atom. The first-order valence-electron chi connectivity index (χ1n) is 8.35. The van der Waals surface area contributed by atoms with Crippen molar-refractivity contribution in [1.82, 2.24) is 15.1 Å². The molecule has 1 N–H and O–H groups in total. The van der Waals surface area contributed by atoms with Gasteiger partial charge in [-0.05, 0) is 40.7 Å². The molecular formula is C16H31N3O3. The van der Waals surface area contributed by atoms with E-state index in [-0.39, 0.29) is 12.2 Å². The zero-order valence-electron chi connectivity index (χ0n) is 14.4. The number of likely N-dealkylation sites (N-methyl/N-ethyl adjacent to an activating group) is 1. The van der Waals surface area contributed by atoms with Crippen molar-refractivity contribution in [2.75, 3.05) is 46.4 Å². The molecule has 2 aliphatic rings. The van der Waals surface area contributed by atoms with Crippen LogP contribution in [0.15, 0.2) is 0 Å². The number of carbonyl (C=O) groups is 1. The van der Waals surface area contributed by atoms with E-state index in [1.165, 1.54) is 0 Å². The maximum absolute atomic E-state index is 12.2. The molecule has 0 aromatic heterocycles. The fraction of sp³-hybridized carbons (Fsp3) is 0.938. The summed E-state index contributed by atoms with van der Waals surface area (Å²) < 4.78 is 11.2. The van der Waals surface area contributed by atoms with Crippen LogP contribution >= 0.6 is 0 Å². The zero-order valence-corrected chi connectivity index (χ0v) is 14.4. The minimum absolute atomic E-state index is 0.201. The van der Waals surface area contributed by atoms with E-state index in [0.29, 0.717) is 6.04 Å². The van der Waals surface area contributed by atoms with Crippen LogP contribution in [0.3, 0.4) is 0 Å². The van der Waals surface area contributed by atoms with Crippen molar-refractivity contribution in [3.63, 3.8) is 0 Å². The van der Waals surface area contributed by atoms with Crippen molar-refractivity contribution in [2.24, 2.45) is 0 Å². The second-order valence-corrected chi connectivity index (χ2v) is 7.43. The van der Waals surface area contributed by atoms with Crippen LogP contribution in [0.5, 0.6) is 0 Å². The molecule has 0 radical (unpaired) electrons. The van der Waals surface area contributed by atoms with E-state index in [0.717, 1.165) is 52.2 Å². The largest absolute Gasteiger partial charge is 0.444 e. The highest BCUT2D eigenvalue weighted by Crippen LogP contribution is 2.15. The van der Waals surface area contributed by atoms with E-state index >= 15 is 0 Å². The molecule has 2 aliphatic heterocycles. The maximum atomic E-state index is 12.2. The van der Waals surface area contributed by atoms with Crippen molar-refractivity contribution in [2.45, 2.75) is 51.4 Å². The molecule has 0 aliphatic carbocycles. The summed E-state index contributed by atoms with van der Waals surface area (Å²) in [5, 5.41) is 3.56. The molecule has 22 heavy (non-hydrogen) atoms. The van der Waals surface area contributed by atoms with Gasteiger partial charge in [0.1, 0.15) is 5.60 Å². The molecule has 2 saturated heterocycles. The number of amides is 1. The van der Waals surface area contributed by atoms with Crippen molar-refractivity contribution in [3.05, 3.63) is 0 Å². The lowest BCUT2D eigenvalue weighted by Crippen LogP contribution is -2.52. The van der Waals surface area contributed by atoms with Gasteiger partial charge in [-0.2, -0.15) is 0 Å². The minimum Gasteiger partial charge on any atom is -0.444 e. The fourth-order valence-corrected chi connectivity index (χ4v) is 2.92. The van der Waals surface area contributed by atoms with Crippen LogP contribution < -0.4 is 5.32 Å². The van der Waals surface area contributed by atoms with Crippen molar-refractivity contribution in [3.8, 4) is 0 Å². The van der Waals surface area contributed by atoms with Gasteiger partial charge in [0.2, 0.25) is 0 Å². The fourth-order valence-electron chi connectivity index (χ4n) is 2.92. The number of likely N-dealkylation sites (tertiary alicyclic amines) is 1. The average molecular weight is 313 g/mol. The predicted molar refractivity (Wildman–Crippen MR) is 86.1 cm³/mol. The summed E-state index contributed by atoms with van der Waals surface area (Å²) in [6, 6.07) is 0.331. The molecule has 6 nitrogen and oxygen atoms in total. The monoisotopic (exact) mass is 313 g/mol.